The van der Waals surface area contributed by atoms with Gasteiger partial charge in [-0.1, -0.05) is 60.7 Å². The second-order valence-electron chi connectivity index (χ2n) is 8.49. The fraction of sp³-hybridized carbons (Fsp3) is 0.192. The Labute approximate surface area is 184 Å². The van der Waals surface area contributed by atoms with Crippen molar-refractivity contribution < 1.29 is 24.2 Å². The van der Waals surface area contributed by atoms with Crippen molar-refractivity contribution >= 4 is 23.5 Å². The summed E-state index contributed by atoms with van der Waals surface area (Å²) in [6.45, 7) is 1.32. The van der Waals surface area contributed by atoms with E-state index in [9.17, 15) is 19.5 Å². The zero-order valence-electron chi connectivity index (χ0n) is 17.2. The van der Waals surface area contributed by atoms with Crippen molar-refractivity contribution in [3.05, 3.63) is 95.1 Å². The molecule has 2 amide bonds. The van der Waals surface area contributed by atoms with Crippen LogP contribution in [-0.2, 0) is 24.7 Å². The van der Waals surface area contributed by atoms with E-state index in [4.69, 9.17) is 4.74 Å². The maximum absolute atomic E-state index is 13.9. The third-order valence-corrected chi connectivity index (χ3v) is 6.97. The quantitative estimate of drug-likeness (QED) is 0.502. The van der Waals surface area contributed by atoms with Crippen molar-refractivity contribution in [2.45, 2.75) is 18.4 Å². The Bertz CT molecular complexity index is 1280. The maximum atomic E-state index is 13.9. The van der Waals surface area contributed by atoms with Gasteiger partial charge in [-0.05, 0) is 23.3 Å². The fourth-order valence-corrected chi connectivity index (χ4v) is 5.99. The van der Waals surface area contributed by atoms with Crippen molar-refractivity contribution in [3.8, 4) is 5.75 Å². The van der Waals surface area contributed by atoms with Crippen LogP contribution >= 0.6 is 0 Å². The minimum atomic E-state index is -1.41. The normalized spacial score (nSPS) is 27.0. The SMILES string of the molecule is CC(=O)OC12c3ccccc3C(c3ccccc31)[C@@H]1C(=O)N(c3ccccc3O)C(=O)[C@@H]12. The van der Waals surface area contributed by atoms with Crippen molar-refractivity contribution in [2.75, 3.05) is 4.90 Å². The van der Waals surface area contributed by atoms with E-state index in [1.54, 1.807) is 18.2 Å². The Morgan fingerprint density at radius 3 is 2.03 bits per heavy atom. The molecule has 32 heavy (non-hydrogen) atoms. The van der Waals surface area contributed by atoms with Gasteiger partial charge in [0.2, 0.25) is 11.8 Å². The lowest BCUT2D eigenvalue weighted by Crippen LogP contribution is -2.55. The largest absolute Gasteiger partial charge is 0.506 e. The molecule has 0 aromatic heterocycles. The topological polar surface area (TPSA) is 83.9 Å². The first-order valence-electron chi connectivity index (χ1n) is 10.5. The highest BCUT2D eigenvalue weighted by molar-refractivity contribution is 6.24. The number of carbonyl (C=O) groups excluding carboxylic acids is 3. The van der Waals surface area contributed by atoms with Gasteiger partial charge in [0.15, 0.2) is 5.60 Å². The first kappa shape index (κ1) is 18.8. The molecule has 4 aliphatic rings. The molecule has 0 radical (unpaired) electrons. The van der Waals surface area contributed by atoms with Crippen LogP contribution in [0.3, 0.4) is 0 Å². The van der Waals surface area contributed by atoms with Crippen LogP contribution in [0.25, 0.3) is 0 Å². The van der Waals surface area contributed by atoms with Gasteiger partial charge in [-0.25, -0.2) is 4.90 Å². The standard InChI is InChI=1S/C26H19NO5/c1-14(28)32-26-17-10-4-2-8-15(17)21(16-9-3-5-11-18(16)26)22-23(26)25(31)27(24(22)30)19-12-6-7-13-20(19)29/h2-13,21-23,29H,1H3/t21?,22-,23+,26?/m0/s1. The van der Waals surface area contributed by atoms with E-state index in [1.807, 2.05) is 48.5 Å². The van der Waals surface area contributed by atoms with E-state index < -0.39 is 35.2 Å². The smallest absolute Gasteiger partial charge is 0.303 e. The van der Waals surface area contributed by atoms with Gasteiger partial charge in [0.05, 0.1) is 17.5 Å². The lowest BCUT2D eigenvalue weighted by molar-refractivity contribution is -0.167. The fourth-order valence-electron chi connectivity index (χ4n) is 5.99. The number of phenols is 1. The number of amides is 2. The number of esters is 1. The van der Waals surface area contributed by atoms with Crippen LogP contribution in [0.1, 0.15) is 35.1 Å². The van der Waals surface area contributed by atoms with E-state index in [0.717, 1.165) is 27.2 Å². The van der Waals surface area contributed by atoms with Crippen LogP contribution in [0.4, 0.5) is 5.69 Å². The van der Waals surface area contributed by atoms with Gasteiger partial charge in [0.1, 0.15) is 5.75 Å². The van der Waals surface area contributed by atoms with Crippen LogP contribution in [-0.4, -0.2) is 22.9 Å². The number of aromatic hydroxyl groups is 1. The summed E-state index contributed by atoms with van der Waals surface area (Å²) < 4.78 is 6.06. The predicted molar refractivity (Wildman–Crippen MR) is 115 cm³/mol. The Morgan fingerprint density at radius 2 is 1.44 bits per heavy atom. The van der Waals surface area contributed by atoms with E-state index >= 15 is 0 Å². The van der Waals surface area contributed by atoms with Crippen LogP contribution in [0.15, 0.2) is 72.8 Å². The highest BCUT2D eigenvalue weighted by Gasteiger charge is 2.70. The third-order valence-electron chi connectivity index (χ3n) is 6.97. The highest BCUT2D eigenvalue weighted by Crippen LogP contribution is 2.64. The van der Waals surface area contributed by atoms with Gasteiger partial charge in [-0.2, -0.15) is 0 Å². The number of hydrogen-bond donors (Lipinski definition) is 1. The van der Waals surface area contributed by atoms with Crippen LogP contribution in [0.2, 0.25) is 0 Å². The summed E-state index contributed by atoms with van der Waals surface area (Å²) in [5.41, 5.74) is 1.97. The molecule has 1 heterocycles. The summed E-state index contributed by atoms with van der Waals surface area (Å²) in [6.07, 6.45) is 0. The van der Waals surface area contributed by atoms with E-state index in [1.165, 1.54) is 13.0 Å². The lowest BCUT2D eigenvalue weighted by Gasteiger charge is -2.52. The van der Waals surface area contributed by atoms with E-state index in [0.29, 0.717) is 0 Å². The van der Waals surface area contributed by atoms with Crippen molar-refractivity contribution in [2.24, 2.45) is 11.8 Å². The minimum absolute atomic E-state index is 0.141. The molecule has 6 nitrogen and oxygen atoms in total. The molecule has 1 aliphatic heterocycles. The summed E-state index contributed by atoms with van der Waals surface area (Å²) in [5, 5.41) is 10.4. The molecule has 6 heteroatoms. The average molecular weight is 425 g/mol. The maximum Gasteiger partial charge on any atom is 0.303 e. The summed E-state index contributed by atoms with van der Waals surface area (Å²) in [7, 11) is 0. The van der Waals surface area contributed by atoms with Gasteiger partial charge in [0, 0.05) is 24.0 Å². The molecule has 2 bridgehead atoms. The van der Waals surface area contributed by atoms with Gasteiger partial charge < -0.3 is 9.84 Å². The number of nitrogens with zero attached hydrogens (tertiary/aromatic N) is 1. The average Bonchev–Trinajstić information content (AvgIpc) is 3.05. The lowest BCUT2D eigenvalue weighted by atomic mass is 9.52. The number of phenolic OH excluding ortho intramolecular Hbond substituents is 1. The predicted octanol–water partition coefficient (Wildman–Crippen LogP) is 3.46. The zero-order valence-corrected chi connectivity index (χ0v) is 17.2. The number of anilines is 1. The van der Waals surface area contributed by atoms with Crippen molar-refractivity contribution in [3.63, 3.8) is 0 Å². The first-order valence-corrected chi connectivity index (χ1v) is 10.5. The number of hydrogen-bond acceptors (Lipinski definition) is 5. The second-order valence-corrected chi connectivity index (χ2v) is 8.49. The molecule has 2 atom stereocenters. The zero-order chi connectivity index (χ0) is 22.2. The summed E-state index contributed by atoms with van der Waals surface area (Å²) in [6, 6.07) is 21.4. The monoisotopic (exact) mass is 425 g/mol. The molecular weight excluding hydrogens is 406 g/mol. The van der Waals surface area contributed by atoms with Crippen LogP contribution < -0.4 is 4.90 Å². The van der Waals surface area contributed by atoms with Gasteiger partial charge >= 0.3 is 5.97 Å². The van der Waals surface area contributed by atoms with E-state index in [2.05, 4.69) is 0 Å². The molecule has 0 spiro atoms. The summed E-state index contributed by atoms with van der Waals surface area (Å²) in [4.78, 5) is 41.2. The number of ether oxygens (including phenoxy) is 1. The Balaban J connectivity index is 1.67. The Morgan fingerprint density at radius 1 is 0.875 bits per heavy atom. The van der Waals surface area contributed by atoms with Gasteiger partial charge in [-0.15, -0.1) is 0 Å². The molecular formula is C26H19NO5. The molecule has 158 valence electrons. The number of benzene rings is 3. The van der Waals surface area contributed by atoms with Crippen LogP contribution in [0.5, 0.6) is 5.75 Å². The molecule has 1 N–H and O–H groups in total. The number of imide groups is 1. The molecule has 1 fully saturated rings. The molecule has 3 aromatic carbocycles. The highest BCUT2D eigenvalue weighted by atomic mass is 16.6. The molecule has 0 saturated carbocycles. The van der Waals surface area contributed by atoms with E-state index in [-0.39, 0.29) is 17.4 Å². The van der Waals surface area contributed by atoms with Crippen molar-refractivity contribution in [1.29, 1.82) is 0 Å². The molecule has 0 unspecified atom stereocenters. The number of para-hydroxylation sites is 2. The third kappa shape index (κ3) is 2.11. The molecule has 1 saturated heterocycles. The van der Waals surface area contributed by atoms with Crippen LogP contribution in [0, 0.1) is 11.8 Å². The summed E-state index contributed by atoms with van der Waals surface area (Å²) >= 11 is 0. The Hall–Kier alpha value is -3.93. The second kappa shape index (κ2) is 6.29. The first-order chi connectivity index (χ1) is 15.5. The van der Waals surface area contributed by atoms with Gasteiger partial charge in [0.25, 0.3) is 0 Å². The number of carbonyl (C=O) groups is 3. The van der Waals surface area contributed by atoms with Crippen molar-refractivity contribution in [1.82, 2.24) is 0 Å². The minimum Gasteiger partial charge on any atom is -0.506 e. The number of rotatable bonds is 2. The molecule has 3 aliphatic carbocycles. The van der Waals surface area contributed by atoms with Gasteiger partial charge in [-0.3, -0.25) is 14.4 Å². The molecule has 3 aromatic rings. The Kier molecular flexibility index (Phi) is 3.70. The molecule has 7 rings (SSSR count). The summed E-state index contributed by atoms with van der Waals surface area (Å²) in [5.74, 6) is -3.58.